The second-order valence-electron chi connectivity index (χ2n) is 7.30. The highest BCUT2D eigenvalue weighted by Crippen LogP contribution is 1.99. The number of hydrogen-bond acceptors (Lipinski definition) is 4. The zero-order valence-electron chi connectivity index (χ0n) is 19.8. The van der Waals surface area contributed by atoms with Crippen molar-refractivity contribution < 1.29 is 9.59 Å². The van der Waals surface area contributed by atoms with Gasteiger partial charge in [-0.3, -0.25) is 9.59 Å². The molecule has 0 atom stereocenters. The van der Waals surface area contributed by atoms with Crippen molar-refractivity contribution in [2.75, 3.05) is 13.1 Å². The smallest absolute Gasteiger partial charge is 0.270 e. The zero-order chi connectivity index (χ0) is 23.8. The van der Waals surface area contributed by atoms with E-state index in [1.54, 1.807) is 6.07 Å². The molecule has 0 aromatic carbocycles. The zero-order valence-corrected chi connectivity index (χ0v) is 19.8. The maximum absolute atomic E-state index is 11.8. The van der Waals surface area contributed by atoms with Crippen LogP contribution in [0.1, 0.15) is 68.8 Å². The monoisotopic (exact) mass is 450 g/mol. The molecule has 6 nitrogen and oxygen atoms in total. The van der Waals surface area contributed by atoms with E-state index in [-0.39, 0.29) is 11.8 Å². The summed E-state index contributed by atoms with van der Waals surface area (Å²) in [7, 11) is 0. The molecule has 0 aliphatic carbocycles. The second kappa shape index (κ2) is 20.6. The molecule has 0 aliphatic heterocycles. The van der Waals surface area contributed by atoms with E-state index in [1.807, 2.05) is 0 Å². The average molecular weight is 451 g/mol. The van der Waals surface area contributed by atoms with Crippen molar-refractivity contribution in [3.8, 4) is 0 Å². The molecule has 0 radical (unpaired) electrons. The van der Waals surface area contributed by atoms with Crippen molar-refractivity contribution >= 4 is 11.8 Å². The first-order valence-electron chi connectivity index (χ1n) is 11.8. The number of unbranched alkanes of at least 4 members (excludes halogenated alkanes) is 1. The Morgan fingerprint density at radius 2 is 1.39 bits per heavy atom. The summed E-state index contributed by atoms with van der Waals surface area (Å²) in [5.74, 6) is -0.274. The number of carbonyl (C=O) groups is 2. The predicted octanol–water partition coefficient (Wildman–Crippen LogP) is 5.24. The van der Waals surface area contributed by atoms with E-state index in [0.29, 0.717) is 25.2 Å². The van der Waals surface area contributed by atoms with Crippen LogP contribution in [0, 0.1) is 0 Å². The molecule has 2 N–H and O–H groups in total. The number of rotatable bonds is 17. The van der Waals surface area contributed by atoms with Crippen LogP contribution in [-0.2, 0) is 4.79 Å². The Hall–Kier alpha value is -3.28. The molecule has 2 amide bonds. The molecule has 178 valence electrons. The number of amides is 2. The van der Waals surface area contributed by atoms with E-state index in [2.05, 4.69) is 88.3 Å². The molecule has 0 unspecified atom stereocenters. The minimum Gasteiger partial charge on any atom is -0.354 e. The first kappa shape index (κ1) is 27.8. The Morgan fingerprint density at radius 3 is 1.97 bits per heavy atom. The van der Waals surface area contributed by atoms with E-state index in [0.717, 1.165) is 44.9 Å². The van der Waals surface area contributed by atoms with Crippen molar-refractivity contribution in [1.29, 1.82) is 0 Å². The molecule has 1 heterocycles. The van der Waals surface area contributed by atoms with Crippen LogP contribution in [0.25, 0.3) is 0 Å². The fraction of sp³-hybridized carbons (Fsp3) is 0.407. The van der Waals surface area contributed by atoms with E-state index in [1.165, 1.54) is 12.5 Å². The van der Waals surface area contributed by atoms with Crippen molar-refractivity contribution in [2.24, 2.45) is 0 Å². The van der Waals surface area contributed by atoms with E-state index in [9.17, 15) is 9.59 Å². The van der Waals surface area contributed by atoms with Crippen molar-refractivity contribution in [2.45, 2.75) is 58.3 Å². The Kier molecular flexibility index (Phi) is 17.3. The predicted molar refractivity (Wildman–Crippen MR) is 136 cm³/mol. The topological polar surface area (TPSA) is 84.0 Å². The van der Waals surface area contributed by atoms with Crippen LogP contribution in [0.4, 0.5) is 0 Å². The molecule has 1 rings (SSSR count). The van der Waals surface area contributed by atoms with Crippen LogP contribution in [0.2, 0.25) is 0 Å². The van der Waals surface area contributed by atoms with Gasteiger partial charge in [0.1, 0.15) is 12.0 Å². The van der Waals surface area contributed by atoms with Gasteiger partial charge in [0.05, 0.1) is 0 Å². The highest BCUT2D eigenvalue weighted by molar-refractivity contribution is 5.92. The van der Waals surface area contributed by atoms with Crippen molar-refractivity contribution in [3.63, 3.8) is 0 Å². The van der Waals surface area contributed by atoms with E-state index < -0.39 is 0 Å². The largest absolute Gasteiger partial charge is 0.354 e. The van der Waals surface area contributed by atoms with Crippen LogP contribution < -0.4 is 10.6 Å². The van der Waals surface area contributed by atoms with Gasteiger partial charge in [-0.15, -0.1) is 0 Å². The highest BCUT2D eigenvalue weighted by Gasteiger charge is 2.05. The molecular weight excluding hydrogens is 412 g/mol. The van der Waals surface area contributed by atoms with Gasteiger partial charge in [0.2, 0.25) is 5.91 Å². The van der Waals surface area contributed by atoms with Crippen LogP contribution >= 0.6 is 0 Å². The quantitative estimate of drug-likeness (QED) is 0.251. The molecule has 0 aliphatic rings. The lowest BCUT2D eigenvalue weighted by Gasteiger charge is -2.06. The van der Waals surface area contributed by atoms with Gasteiger partial charge in [0.25, 0.3) is 5.91 Å². The van der Waals surface area contributed by atoms with Gasteiger partial charge in [-0.25, -0.2) is 9.97 Å². The SMILES string of the molecule is CCC=CCC=CCC=CCC=CCC=CCCCC(=O)NCCNC(=O)c1ccncn1. The standard InChI is InChI=1S/C27H38N4O2/c1-2-3-4-5-6-7-8-9-10-11-12-13-14-15-16-17-18-19-26(32)29-22-23-30-27(33)25-20-21-28-24-31-25/h3-4,6-7,9-10,12-13,15-16,20-21,24H,2,5,8,11,14,17-19,22-23H2,1H3,(H,29,32)(H,30,33). The molecule has 0 saturated heterocycles. The maximum Gasteiger partial charge on any atom is 0.270 e. The molecular formula is C27H38N4O2. The summed E-state index contributed by atoms with van der Waals surface area (Å²) in [5, 5.41) is 5.52. The number of nitrogens with one attached hydrogen (secondary N) is 2. The van der Waals surface area contributed by atoms with Crippen molar-refractivity contribution in [1.82, 2.24) is 20.6 Å². The van der Waals surface area contributed by atoms with Gasteiger partial charge in [-0.1, -0.05) is 67.7 Å². The summed E-state index contributed by atoms with van der Waals surface area (Å²) in [4.78, 5) is 31.3. The van der Waals surface area contributed by atoms with Gasteiger partial charge in [-0.05, 0) is 51.0 Å². The van der Waals surface area contributed by atoms with Gasteiger partial charge < -0.3 is 10.6 Å². The Labute approximate surface area is 198 Å². The third-order valence-electron chi connectivity index (χ3n) is 4.48. The van der Waals surface area contributed by atoms with Gasteiger partial charge in [0.15, 0.2) is 0 Å². The molecule has 1 aromatic heterocycles. The summed E-state index contributed by atoms with van der Waals surface area (Å²) in [6, 6.07) is 1.54. The summed E-state index contributed by atoms with van der Waals surface area (Å²) in [6.45, 7) is 2.91. The Bertz CT molecular complexity index is 796. The minimum absolute atomic E-state index is 0.00126. The number of aromatic nitrogens is 2. The Morgan fingerprint density at radius 1 is 0.818 bits per heavy atom. The van der Waals surface area contributed by atoms with Crippen LogP contribution in [0.15, 0.2) is 79.4 Å². The summed E-state index contributed by atoms with van der Waals surface area (Å²) in [6.07, 6.45) is 31.7. The fourth-order valence-electron chi connectivity index (χ4n) is 2.73. The molecule has 0 spiro atoms. The molecule has 33 heavy (non-hydrogen) atoms. The van der Waals surface area contributed by atoms with E-state index in [4.69, 9.17) is 0 Å². The lowest BCUT2D eigenvalue weighted by Crippen LogP contribution is -2.34. The van der Waals surface area contributed by atoms with Crippen molar-refractivity contribution in [3.05, 3.63) is 85.0 Å². The number of allylic oxidation sites excluding steroid dienone is 10. The minimum atomic E-state index is -0.273. The lowest BCUT2D eigenvalue weighted by molar-refractivity contribution is -0.121. The fourth-order valence-corrected chi connectivity index (χ4v) is 2.73. The summed E-state index contributed by atoms with van der Waals surface area (Å²) in [5.41, 5.74) is 0.313. The summed E-state index contributed by atoms with van der Waals surface area (Å²) >= 11 is 0. The molecule has 0 fully saturated rings. The van der Waals surface area contributed by atoms with Gasteiger partial charge >= 0.3 is 0 Å². The van der Waals surface area contributed by atoms with Gasteiger partial charge in [0, 0.05) is 25.7 Å². The first-order valence-corrected chi connectivity index (χ1v) is 11.8. The number of carbonyl (C=O) groups excluding carboxylic acids is 2. The average Bonchev–Trinajstić information content (AvgIpc) is 2.84. The second-order valence-corrected chi connectivity index (χ2v) is 7.30. The third-order valence-corrected chi connectivity index (χ3v) is 4.48. The van der Waals surface area contributed by atoms with Crippen LogP contribution in [0.5, 0.6) is 0 Å². The van der Waals surface area contributed by atoms with E-state index >= 15 is 0 Å². The molecule has 0 saturated carbocycles. The lowest BCUT2D eigenvalue weighted by atomic mass is 10.2. The third kappa shape index (κ3) is 17.0. The molecule has 0 bridgehead atoms. The summed E-state index contributed by atoms with van der Waals surface area (Å²) < 4.78 is 0. The van der Waals surface area contributed by atoms with Crippen LogP contribution in [-0.4, -0.2) is 34.9 Å². The normalized spacial score (nSPS) is 12.0. The molecule has 1 aromatic rings. The highest BCUT2D eigenvalue weighted by atomic mass is 16.2. The maximum atomic E-state index is 11.8. The first-order chi connectivity index (χ1) is 16.2. The number of hydrogen-bond donors (Lipinski definition) is 2. The Balaban J connectivity index is 1.95. The van der Waals surface area contributed by atoms with Gasteiger partial charge in [-0.2, -0.15) is 0 Å². The molecule has 6 heteroatoms. The van der Waals surface area contributed by atoms with Crippen LogP contribution in [0.3, 0.4) is 0 Å². The number of nitrogens with zero attached hydrogens (tertiary/aromatic N) is 2.